The highest BCUT2D eigenvalue weighted by molar-refractivity contribution is 6.12. The number of ether oxygens (including phenoxy) is 1. The summed E-state index contributed by atoms with van der Waals surface area (Å²) in [5.74, 6) is -1.19. The average molecular weight is 453 g/mol. The Morgan fingerprint density at radius 2 is 1.85 bits per heavy atom. The van der Waals surface area contributed by atoms with Crippen LogP contribution in [-0.4, -0.2) is 46.3 Å². The predicted octanol–water partition coefficient (Wildman–Crippen LogP) is 3.54. The first-order valence-corrected chi connectivity index (χ1v) is 11.6. The van der Waals surface area contributed by atoms with Crippen LogP contribution in [0.25, 0.3) is 0 Å². The van der Waals surface area contributed by atoms with E-state index < -0.39 is 11.5 Å². The topological polar surface area (TPSA) is 93.5 Å². The van der Waals surface area contributed by atoms with Crippen LogP contribution in [0, 0.1) is 13.8 Å². The molecule has 8 nitrogen and oxygen atoms in total. The van der Waals surface area contributed by atoms with Crippen LogP contribution in [0.1, 0.15) is 77.6 Å². The Bertz CT molecular complexity index is 1080. The number of carbonyl (C=O) groups excluding carboxylic acids is 3. The van der Waals surface area contributed by atoms with E-state index in [1.165, 1.54) is 30.7 Å². The number of carbonyl (C=O) groups is 3. The van der Waals surface area contributed by atoms with Crippen LogP contribution in [0.5, 0.6) is 0 Å². The van der Waals surface area contributed by atoms with Gasteiger partial charge >= 0.3 is 5.97 Å². The minimum atomic E-state index is -1.21. The standard InChI is InChI=1S/C25H32N4O4/c1-16-10-9-13-20(17(16)2)29-22(30)21-14-19(23(31)33-4)27-28(21)15-25(29,3)24(32)26-18-11-7-5-6-8-12-18/h9-10,13-14,18H,5-8,11-12,15H2,1-4H3,(H,26,32)/t25-/m1/s1. The molecule has 1 aromatic carbocycles. The van der Waals surface area contributed by atoms with E-state index in [0.717, 1.165) is 36.8 Å². The van der Waals surface area contributed by atoms with Crippen molar-refractivity contribution < 1.29 is 19.1 Å². The fraction of sp³-hybridized carbons (Fsp3) is 0.520. The largest absolute Gasteiger partial charge is 0.464 e. The number of fused-ring (bicyclic) bond motifs is 1. The van der Waals surface area contributed by atoms with E-state index >= 15 is 0 Å². The van der Waals surface area contributed by atoms with Gasteiger partial charge in [0, 0.05) is 17.8 Å². The van der Waals surface area contributed by atoms with Gasteiger partial charge in [-0.15, -0.1) is 0 Å². The Labute approximate surface area is 194 Å². The number of hydrogen-bond acceptors (Lipinski definition) is 5. The minimum Gasteiger partial charge on any atom is -0.464 e. The molecule has 1 aliphatic carbocycles. The van der Waals surface area contributed by atoms with Crippen molar-refractivity contribution in [3.05, 3.63) is 46.8 Å². The number of benzene rings is 1. The summed E-state index contributed by atoms with van der Waals surface area (Å²) in [6.07, 6.45) is 6.44. The number of nitrogens with zero attached hydrogens (tertiary/aromatic N) is 3. The van der Waals surface area contributed by atoms with E-state index in [9.17, 15) is 14.4 Å². The van der Waals surface area contributed by atoms with Crippen LogP contribution < -0.4 is 10.2 Å². The van der Waals surface area contributed by atoms with Crippen molar-refractivity contribution in [2.75, 3.05) is 12.0 Å². The number of hydrogen-bond donors (Lipinski definition) is 1. The zero-order chi connectivity index (χ0) is 23.8. The average Bonchev–Trinajstić information content (AvgIpc) is 3.04. The van der Waals surface area contributed by atoms with Gasteiger partial charge < -0.3 is 10.1 Å². The number of nitrogens with one attached hydrogen (secondary N) is 1. The second kappa shape index (κ2) is 9.00. The molecule has 2 aliphatic rings. The lowest BCUT2D eigenvalue weighted by atomic mass is 9.91. The van der Waals surface area contributed by atoms with Crippen molar-refractivity contribution in [3.8, 4) is 0 Å². The Hall–Kier alpha value is -3.16. The molecule has 1 atom stereocenters. The summed E-state index contributed by atoms with van der Waals surface area (Å²) in [5, 5.41) is 7.52. The lowest BCUT2D eigenvalue weighted by molar-refractivity contribution is -0.127. The molecule has 1 aromatic heterocycles. The van der Waals surface area contributed by atoms with Gasteiger partial charge in [-0.05, 0) is 50.8 Å². The molecule has 2 heterocycles. The van der Waals surface area contributed by atoms with E-state index in [1.807, 2.05) is 32.0 Å². The van der Waals surface area contributed by atoms with Gasteiger partial charge in [-0.3, -0.25) is 19.2 Å². The fourth-order valence-corrected chi connectivity index (χ4v) is 4.91. The molecule has 2 amide bonds. The highest BCUT2D eigenvalue weighted by atomic mass is 16.5. The molecule has 1 saturated carbocycles. The number of amides is 2. The fourth-order valence-electron chi connectivity index (χ4n) is 4.91. The number of methoxy groups -OCH3 is 1. The van der Waals surface area contributed by atoms with E-state index in [1.54, 1.807) is 11.8 Å². The first-order chi connectivity index (χ1) is 15.8. The Kier molecular flexibility index (Phi) is 6.28. The molecule has 2 aromatic rings. The van der Waals surface area contributed by atoms with E-state index in [-0.39, 0.29) is 35.8 Å². The van der Waals surface area contributed by atoms with Crippen molar-refractivity contribution in [3.63, 3.8) is 0 Å². The summed E-state index contributed by atoms with van der Waals surface area (Å²) in [4.78, 5) is 41.3. The molecule has 1 N–H and O–H groups in total. The molecule has 0 spiro atoms. The van der Waals surface area contributed by atoms with Crippen molar-refractivity contribution in [2.24, 2.45) is 0 Å². The van der Waals surface area contributed by atoms with Crippen LogP contribution in [0.15, 0.2) is 24.3 Å². The van der Waals surface area contributed by atoms with Gasteiger partial charge in [-0.2, -0.15) is 5.10 Å². The minimum absolute atomic E-state index is 0.0511. The molecule has 0 radical (unpaired) electrons. The van der Waals surface area contributed by atoms with Gasteiger partial charge in [0.2, 0.25) is 5.91 Å². The summed E-state index contributed by atoms with van der Waals surface area (Å²) in [5.41, 5.74) is 1.74. The zero-order valence-corrected chi connectivity index (χ0v) is 19.8. The van der Waals surface area contributed by atoms with Gasteiger partial charge in [-0.25, -0.2) is 4.79 Å². The summed E-state index contributed by atoms with van der Waals surface area (Å²) in [6, 6.07) is 7.27. The van der Waals surface area contributed by atoms with Gasteiger partial charge in [0.1, 0.15) is 11.2 Å². The second-order valence-corrected chi connectivity index (χ2v) is 9.36. The Morgan fingerprint density at radius 1 is 1.15 bits per heavy atom. The zero-order valence-electron chi connectivity index (χ0n) is 19.8. The van der Waals surface area contributed by atoms with Gasteiger partial charge in [-0.1, -0.05) is 37.8 Å². The smallest absolute Gasteiger partial charge is 0.358 e. The van der Waals surface area contributed by atoms with Crippen LogP contribution in [0.3, 0.4) is 0 Å². The summed E-state index contributed by atoms with van der Waals surface area (Å²) >= 11 is 0. The molecule has 176 valence electrons. The van der Waals surface area contributed by atoms with Crippen LogP contribution in [0.2, 0.25) is 0 Å². The molecule has 1 fully saturated rings. The van der Waals surface area contributed by atoms with Crippen molar-refractivity contribution in [1.82, 2.24) is 15.1 Å². The SMILES string of the molecule is COC(=O)c1cc2n(n1)C[C@](C)(C(=O)NC1CCCCCC1)N(c1cccc(C)c1C)C2=O. The van der Waals surface area contributed by atoms with Gasteiger partial charge in [0.05, 0.1) is 13.7 Å². The van der Waals surface area contributed by atoms with Crippen LogP contribution in [-0.2, 0) is 16.1 Å². The van der Waals surface area contributed by atoms with Crippen LogP contribution >= 0.6 is 0 Å². The maximum absolute atomic E-state index is 13.8. The van der Waals surface area contributed by atoms with Crippen molar-refractivity contribution in [2.45, 2.75) is 77.4 Å². The highest BCUT2D eigenvalue weighted by Gasteiger charge is 2.50. The molecule has 0 unspecified atom stereocenters. The molecule has 0 saturated heterocycles. The molecule has 33 heavy (non-hydrogen) atoms. The first kappa shape index (κ1) is 23.0. The molecular formula is C25H32N4O4. The molecule has 1 aliphatic heterocycles. The molecule has 4 rings (SSSR count). The summed E-state index contributed by atoms with van der Waals surface area (Å²) < 4.78 is 6.25. The van der Waals surface area contributed by atoms with E-state index in [4.69, 9.17) is 4.74 Å². The van der Waals surface area contributed by atoms with Crippen molar-refractivity contribution >= 4 is 23.5 Å². The van der Waals surface area contributed by atoms with Crippen LogP contribution in [0.4, 0.5) is 5.69 Å². The maximum Gasteiger partial charge on any atom is 0.358 e. The molecule has 8 heteroatoms. The number of esters is 1. The third kappa shape index (κ3) is 4.14. The summed E-state index contributed by atoms with van der Waals surface area (Å²) in [6.45, 7) is 5.85. The number of aromatic nitrogens is 2. The lowest BCUT2D eigenvalue weighted by Crippen LogP contribution is -2.65. The third-order valence-electron chi connectivity index (χ3n) is 7.04. The van der Waals surface area contributed by atoms with Gasteiger partial charge in [0.15, 0.2) is 5.69 Å². The highest BCUT2D eigenvalue weighted by Crippen LogP contribution is 2.36. The predicted molar refractivity (Wildman–Crippen MR) is 124 cm³/mol. The van der Waals surface area contributed by atoms with E-state index in [2.05, 4.69) is 10.4 Å². The number of anilines is 1. The maximum atomic E-state index is 13.8. The second-order valence-electron chi connectivity index (χ2n) is 9.36. The normalized spacial score (nSPS) is 21.3. The number of aryl methyl sites for hydroxylation is 1. The first-order valence-electron chi connectivity index (χ1n) is 11.6. The van der Waals surface area contributed by atoms with Crippen molar-refractivity contribution in [1.29, 1.82) is 0 Å². The Morgan fingerprint density at radius 3 is 2.52 bits per heavy atom. The van der Waals surface area contributed by atoms with Gasteiger partial charge in [0.25, 0.3) is 5.91 Å². The van der Waals surface area contributed by atoms with E-state index in [0.29, 0.717) is 5.69 Å². The monoisotopic (exact) mass is 452 g/mol. The number of rotatable bonds is 4. The molecular weight excluding hydrogens is 420 g/mol. The summed E-state index contributed by atoms with van der Waals surface area (Å²) in [7, 11) is 1.27. The lowest BCUT2D eigenvalue weighted by Gasteiger charge is -2.44. The quantitative estimate of drug-likeness (QED) is 0.566. The molecule has 0 bridgehead atoms. The Balaban J connectivity index is 1.78. The third-order valence-corrected chi connectivity index (χ3v) is 7.04.